The molecule has 0 aromatic carbocycles. The molecule has 0 saturated heterocycles. The fourth-order valence-corrected chi connectivity index (χ4v) is 0. The first-order valence-corrected chi connectivity index (χ1v) is 6.93. The lowest BCUT2D eigenvalue weighted by molar-refractivity contribution is 1.10. The van der Waals surface area contributed by atoms with Gasteiger partial charge in [0.2, 0.25) is 0 Å². The van der Waals surface area contributed by atoms with E-state index >= 15 is 0 Å². The minimum atomic E-state index is -0.667. The van der Waals surface area contributed by atoms with Crippen molar-refractivity contribution < 1.29 is 0 Å². The minimum Gasteiger partial charge on any atom is -0.172 e. The first-order valence-electron chi connectivity index (χ1n) is 2.87. The summed E-state index contributed by atoms with van der Waals surface area (Å²) in [6, 6.07) is 0. The SMILES string of the molecule is C[C](C)C.C[SiH](C)Cl. The van der Waals surface area contributed by atoms with E-state index in [9.17, 15) is 0 Å². The number of halogens is 1. The average molecular weight is 152 g/mol. The maximum absolute atomic E-state index is 5.41. The predicted molar refractivity (Wildman–Crippen MR) is 45.0 cm³/mol. The summed E-state index contributed by atoms with van der Waals surface area (Å²) in [5.41, 5.74) is 0. The van der Waals surface area contributed by atoms with Crippen LogP contribution < -0.4 is 0 Å². The van der Waals surface area contributed by atoms with Gasteiger partial charge in [0.1, 0.15) is 8.11 Å². The van der Waals surface area contributed by atoms with E-state index in [0.29, 0.717) is 0 Å². The zero-order valence-electron chi connectivity index (χ0n) is 6.46. The zero-order valence-corrected chi connectivity index (χ0v) is 8.37. The van der Waals surface area contributed by atoms with E-state index in [4.69, 9.17) is 11.1 Å². The molecule has 0 spiro atoms. The van der Waals surface area contributed by atoms with Gasteiger partial charge in [-0.2, -0.15) is 11.1 Å². The second kappa shape index (κ2) is 7.51. The second-order valence-electron chi connectivity index (χ2n) is 2.51. The first kappa shape index (κ1) is 11.3. The molecule has 0 aliphatic carbocycles. The van der Waals surface area contributed by atoms with Crippen molar-refractivity contribution in [2.75, 3.05) is 0 Å². The van der Waals surface area contributed by atoms with Crippen molar-refractivity contribution in [3.8, 4) is 0 Å². The summed E-state index contributed by atoms with van der Waals surface area (Å²) in [4.78, 5) is 0. The molecule has 0 fully saturated rings. The van der Waals surface area contributed by atoms with E-state index in [1.165, 1.54) is 5.92 Å². The molecule has 0 amide bonds. The molecule has 1 radical (unpaired) electrons. The maximum atomic E-state index is 5.41. The third-order valence-electron chi connectivity index (χ3n) is 0. The van der Waals surface area contributed by atoms with Gasteiger partial charge in [-0.25, -0.2) is 0 Å². The van der Waals surface area contributed by atoms with E-state index in [1.54, 1.807) is 0 Å². The van der Waals surface area contributed by atoms with Gasteiger partial charge in [0.25, 0.3) is 0 Å². The molecule has 0 N–H and O–H groups in total. The Morgan fingerprint density at radius 2 is 1.12 bits per heavy atom. The molecule has 0 aliphatic rings. The molecular weight excluding hydrogens is 136 g/mol. The van der Waals surface area contributed by atoms with Crippen LogP contribution in [-0.4, -0.2) is 8.11 Å². The molecule has 0 nitrogen and oxygen atoms in total. The van der Waals surface area contributed by atoms with Gasteiger partial charge in [0.05, 0.1) is 0 Å². The maximum Gasteiger partial charge on any atom is 0.134 e. The fourth-order valence-electron chi connectivity index (χ4n) is 0. The molecule has 0 unspecified atom stereocenters. The summed E-state index contributed by atoms with van der Waals surface area (Å²) in [6.45, 7) is 10.4. The molecule has 0 atom stereocenters. The fraction of sp³-hybridized carbons (Fsp3) is 0.833. The molecule has 0 aromatic heterocycles. The van der Waals surface area contributed by atoms with Crippen molar-refractivity contribution >= 4 is 19.2 Å². The lowest BCUT2D eigenvalue weighted by Gasteiger charge is -1.78. The highest BCUT2D eigenvalue weighted by Crippen LogP contribution is 1.85. The third kappa shape index (κ3) is 768. The Hall–Kier alpha value is 0.507. The van der Waals surface area contributed by atoms with Gasteiger partial charge in [0, 0.05) is 0 Å². The minimum absolute atomic E-state index is 0.667. The predicted octanol–water partition coefficient (Wildman–Crippen LogP) is 2.83. The van der Waals surface area contributed by atoms with Gasteiger partial charge in [-0.3, -0.25) is 0 Å². The highest BCUT2D eigenvalue weighted by atomic mass is 35.6. The van der Waals surface area contributed by atoms with Gasteiger partial charge in [0.15, 0.2) is 0 Å². The van der Waals surface area contributed by atoms with Crippen molar-refractivity contribution in [1.82, 2.24) is 0 Å². The normalized spacial score (nSPS) is 9.00. The summed E-state index contributed by atoms with van der Waals surface area (Å²) in [6.07, 6.45) is 0. The monoisotopic (exact) mass is 151 g/mol. The van der Waals surface area contributed by atoms with Crippen molar-refractivity contribution in [2.45, 2.75) is 33.9 Å². The van der Waals surface area contributed by atoms with E-state index in [-0.39, 0.29) is 0 Å². The first-order chi connectivity index (χ1) is 3.46. The molecule has 51 valence electrons. The smallest absolute Gasteiger partial charge is 0.134 e. The topological polar surface area (TPSA) is 0 Å². The quantitative estimate of drug-likeness (QED) is 0.369. The van der Waals surface area contributed by atoms with Crippen LogP contribution >= 0.6 is 11.1 Å². The Bertz CT molecular complexity index is 24.0. The zero-order chi connectivity index (χ0) is 7.15. The van der Waals surface area contributed by atoms with Crippen LogP contribution in [0.5, 0.6) is 0 Å². The Balaban J connectivity index is 0. The molecule has 0 rings (SSSR count). The van der Waals surface area contributed by atoms with Crippen LogP contribution in [0, 0.1) is 5.92 Å². The molecule has 0 aromatic rings. The molecule has 0 heterocycles. The van der Waals surface area contributed by atoms with E-state index in [1.807, 2.05) is 0 Å². The summed E-state index contributed by atoms with van der Waals surface area (Å²) >= 11 is 5.41. The molecule has 0 bridgehead atoms. The van der Waals surface area contributed by atoms with Crippen molar-refractivity contribution in [1.29, 1.82) is 0 Å². The van der Waals surface area contributed by atoms with Crippen molar-refractivity contribution in [2.24, 2.45) is 0 Å². The van der Waals surface area contributed by atoms with Crippen LogP contribution in [0.1, 0.15) is 20.8 Å². The Morgan fingerprint density at radius 1 is 1.12 bits per heavy atom. The molecular formula is C6H16ClSi. The number of hydrogen-bond donors (Lipinski definition) is 0. The Kier molecular flexibility index (Phi) is 10.6. The van der Waals surface area contributed by atoms with Crippen LogP contribution in [0.2, 0.25) is 13.1 Å². The van der Waals surface area contributed by atoms with Gasteiger partial charge in [-0.15, -0.1) is 0 Å². The summed E-state index contributed by atoms with van der Waals surface area (Å²) in [5, 5.41) is 0. The van der Waals surface area contributed by atoms with E-state index < -0.39 is 8.11 Å². The summed E-state index contributed by atoms with van der Waals surface area (Å²) < 4.78 is 0. The standard InChI is InChI=1S/C4H9.C2H7ClSi/c2*1-4(2)3/h1-3H3;4H,1-2H3. The largest absolute Gasteiger partial charge is 0.172 e. The summed E-state index contributed by atoms with van der Waals surface area (Å²) in [7, 11) is -0.667. The second-order valence-corrected chi connectivity index (χ2v) is 7.16. The van der Waals surface area contributed by atoms with Crippen molar-refractivity contribution in [3.63, 3.8) is 0 Å². The molecule has 8 heavy (non-hydrogen) atoms. The Morgan fingerprint density at radius 3 is 1.12 bits per heavy atom. The van der Waals surface area contributed by atoms with Gasteiger partial charge in [-0.05, 0) is 5.92 Å². The average Bonchev–Trinajstić information content (AvgIpc) is 1.25. The highest BCUT2D eigenvalue weighted by Gasteiger charge is 1.76. The molecule has 0 saturated carbocycles. The van der Waals surface area contributed by atoms with Gasteiger partial charge < -0.3 is 0 Å². The number of rotatable bonds is 0. The Labute approximate surface area is 59.6 Å². The van der Waals surface area contributed by atoms with Gasteiger partial charge in [-0.1, -0.05) is 33.9 Å². The van der Waals surface area contributed by atoms with Crippen LogP contribution in [0.25, 0.3) is 0 Å². The lowest BCUT2D eigenvalue weighted by Crippen LogP contribution is -1.78. The molecule has 2 heteroatoms. The van der Waals surface area contributed by atoms with Crippen molar-refractivity contribution in [3.05, 3.63) is 5.92 Å². The highest BCUT2D eigenvalue weighted by molar-refractivity contribution is 7.05. The van der Waals surface area contributed by atoms with Crippen LogP contribution in [0.4, 0.5) is 0 Å². The third-order valence-corrected chi connectivity index (χ3v) is 0. The van der Waals surface area contributed by atoms with Gasteiger partial charge >= 0.3 is 0 Å². The van der Waals surface area contributed by atoms with Crippen LogP contribution in [-0.2, 0) is 0 Å². The molecule has 0 aliphatic heterocycles. The van der Waals surface area contributed by atoms with Crippen LogP contribution in [0.15, 0.2) is 0 Å². The lowest BCUT2D eigenvalue weighted by atomic mass is 10.3. The van der Waals surface area contributed by atoms with E-state index in [2.05, 4.69) is 33.9 Å². The van der Waals surface area contributed by atoms with E-state index in [0.717, 1.165) is 0 Å². The summed E-state index contributed by atoms with van der Waals surface area (Å²) in [5.74, 6) is 1.42. The van der Waals surface area contributed by atoms with Crippen LogP contribution in [0.3, 0.4) is 0 Å². The number of hydrogen-bond acceptors (Lipinski definition) is 0.